The lowest BCUT2D eigenvalue weighted by Gasteiger charge is -2.14. The number of amides is 3. The fraction of sp³-hybridized carbons (Fsp3) is 0.467. The number of nitrogens with zero attached hydrogens (tertiary/aromatic N) is 3. The zero-order valence-electron chi connectivity index (χ0n) is 12.1. The summed E-state index contributed by atoms with van der Waals surface area (Å²) in [5, 5.41) is 0. The first-order valence-corrected chi connectivity index (χ1v) is 6.91. The standard InChI is InChI=1S/C10H11NO.C5H10N2O/c12-10-7-4-8-11(10)9-5-2-1-3-6-9;1-6-3-4-7(2)5(6)8/h1-3,5-6H,4,7-8H2;3-4H2,1-2H3. The Hall–Kier alpha value is -2.04. The van der Waals surface area contributed by atoms with Gasteiger partial charge in [0.25, 0.3) is 0 Å². The van der Waals surface area contributed by atoms with Crippen molar-refractivity contribution in [3.05, 3.63) is 30.3 Å². The third-order valence-electron chi connectivity index (χ3n) is 3.57. The summed E-state index contributed by atoms with van der Waals surface area (Å²) in [6, 6.07) is 9.96. The number of urea groups is 1. The van der Waals surface area contributed by atoms with Gasteiger partial charge in [-0.1, -0.05) is 18.2 Å². The average molecular weight is 275 g/mol. The van der Waals surface area contributed by atoms with Crippen LogP contribution in [0.5, 0.6) is 0 Å². The van der Waals surface area contributed by atoms with E-state index in [2.05, 4.69) is 0 Å². The van der Waals surface area contributed by atoms with Gasteiger partial charge in [-0.25, -0.2) is 4.79 Å². The molecule has 5 heteroatoms. The van der Waals surface area contributed by atoms with E-state index >= 15 is 0 Å². The van der Waals surface area contributed by atoms with Gasteiger partial charge in [0.1, 0.15) is 0 Å². The predicted octanol–water partition coefficient (Wildman–Crippen LogP) is 1.80. The first-order chi connectivity index (χ1) is 9.59. The average Bonchev–Trinajstić information content (AvgIpc) is 3.02. The molecule has 0 radical (unpaired) electrons. The summed E-state index contributed by atoms with van der Waals surface area (Å²) >= 11 is 0. The molecule has 108 valence electrons. The van der Waals surface area contributed by atoms with Crippen LogP contribution in [0.1, 0.15) is 12.8 Å². The van der Waals surface area contributed by atoms with Crippen molar-refractivity contribution in [3.63, 3.8) is 0 Å². The van der Waals surface area contributed by atoms with Gasteiger partial charge in [-0.05, 0) is 18.6 Å². The summed E-state index contributed by atoms with van der Waals surface area (Å²) < 4.78 is 0. The molecule has 0 aromatic heterocycles. The van der Waals surface area contributed by atoms with Crippen LogP contribution < -0.4 is 4.90 Å². The second kappa shape index (κ2) is 6.41. The molecule has 0 spiro atoms. The van der Waals surface area contributed by atoms with Crippen LogP contribution in [0.2, 0.25) is 0 Å². The van der Waals surface area contributed by atoms with Gasteiger partial charge < -0.3 is 14.7 Å². The highest BCUT2D eigenvalue weighted by Gasteiger charge is 2.21. The first-order valence-electron chi connectivity index (χ1n) is 6.91. The van der Waals surface area contributed by atoms with Gasteiger partial charge in [0.2, 0.25) is 5.91 Å². The zero-order valence-corrected chi connectivity index (χ0v) is 12.1. The molecule has 3 amide bonds. The molecule has 2 heterocycles. The SMILES string of the molecule is CN1CCN(C)C1=O.O=C1CCCN1c1ccccc1. The number of likely N-dealkylation sites (N-methyl/N-ethyl adjacent to an activating group) is 2. The molecule has 2 aliphatic rings. The Balaban J connectivity index is 0.000000160. The van der Waals surface area contributed by atoms with E-state index < -0.39 is 0 Å². The van der Waals surface area contributed by atoms with Crippen molar-refractivity contribution in [2.45, 2.75) is 12.8 Å². The maximum absolute atomic E-state index is 11.3. The molecule has 2 saturated heterocycles. The Morgan fingerprint density at radius 2 is 1.50 bits per heavy atom. The van der Waals surface area contributed by atoms with E-state index in [0.29, 0.717) is 6.42 Å². The van der Waals surface area contributed by atoms with E-state index in [4.69, 9.17) is 0 Å². The fourth-order valence-corrected chi connectivity index (χ4v) is 2.31. The highest BCUT2D eigenvalue weighted by molar-refractivity contribution is 5.95. The molecule has 0 bridgehead atoms. The molecular weight excluding hydrogens is 254 g/mol. The Bertz CT molecular complexity index is 463. The predicted molar refractivity (Wildman–Crippen MR) is 78.7 cm³/mol. The molecule has 20 heavy (non-hydrogen) atoms. The molecular formula is C15H21N3O2. The summed E-state index contributed by atoms with van der Waals surface area (Å²) in [6.45, 7) is 2.62. The lowest BCUT2D eigenvalue weighted by Crippen LogP contribution is -2.25. The van der Waals surface area contributed by atoms with E-state index in [1.807, 2.05) is 49.3 Å². The number of rotatable bonds is 1. The molecule has 0 atom stereocenters. The topological polar surface area (TPSA) is 43.9 Å². The van der Waals surface area contributed by atoms with Crippen LogP contribution in [0.15, 0.2) is 30.3 Å². The third-order valence-corrected chi connectivity index (χ3v) is 3.57. The fourth-order valence-electron chi connectivity index (χ4n) is 2.31. The minimum Gasteiger partial charge on any atom is -0.326 e. The number of carbonyl (C=O) groups excluding carboxylic acids is 2. The second-order valence-electron chi connectivity index (χ2n) is 5.11. The largest absolute Gasteiger partial charge is 0.326 e. The highest BCUT2D eigenvalue weighted by atomic mass is 16.2. The van der Waals surface area contributed by atoms with E-state index in [1.54, 1.807) is 9.80 Å². The van der Waals surface area contributed by atoms with Crippen molar-refractivity contribution in [2.75, 3.05) is 38.6 Å². The molecule has 1 aromatic rings. The van der Waals surface area contributed by atoms with Crippen LogP contribution in [-0.4, -0.2) is 55.5 Å². The number of para-hydroxylation sites is 1. The first kappa shape index (κ1) is 14.4. The summed E-state index contributed by atoms with van der Waals surface area (Å²) in [7, 11) is 3.62. The smallest absolute Gasteiger partial charge is 0.319 e. The number of benzene rings is 1. The van der Waals surface area contributed by atoms with E-state index in [-0.39, 0.29) is 11.9 Å². The number of hydrogen-bond donors (Lipinski definition) is 0. The second-order valence-corrected chi connectivity index (χ2v) is 5.11. The number of carbonyl (C=O) groups is 2. The Kier molecular flexibility index (Phi) is 4.61. The monoisotopic (exact) mass is 275 g/mol. The Morgan fingerprint density at radius 1 is 0.900 bits per heavy atom. The van der Waals surface area contributed by atoms with Crippen molar-refractivity contribution in [2.24, 2.45) is 0 Å². The maximum atomic E-state index is 11.3. The quantitative estimate of drug-likeness (QED) is 0.784. The third kappa shape index (κ3) is 3.29. The van der Waals surface area contributed by atoms with Gasteiger partial charge in [0.15, 0.2) is 0 Å². The Labute approximate surface area is 119 Å². The molecule has 0 saturated carbocycles. The van der Waals surface area contributed by atoms with Gasteiger partial charge >= 0.3 is 6.03 Å². The molecule has 5 nitrogen and oxygen atoms in total. The van der Waals surface area contributed by atoms with E-state index in [9.17, 15) is 9.59 Å². The molecule has 1 aromatic carbocycles. The maximum Gasteiger partial charge on any atom is 0.319 e. The number of anilines is 1. The summed E-state index contributed by atoms with van der Waals surface area (Å²) in [5.41, 5.74) is 1.03. The van der Waals surface area contributed by atoms with Crippen LogP contribution in [0.3, 0.4) is 0 Å². The van der Waals surface area contributed by atoms with Gasteiger partial charge in [-0.15, -0.1) is 0 Å². The van der Waals surface area contributed by atoms with Crippen LogP contribution in [-0.2, 0) is 4.79 Å². The molecule has 3 rings (SSSR count). The summed E-state index contributed by atoms with van der Waals surface area (Å²) in [4.78, 5) is 27.3. The van der Waals surface area contributed by atoms with Crippen molar-refractivity contribution in [1.82, 2.24) is 9.80 Å². The Morgan fingerprint density at radius 3 is 1.90 bits per heavy atom. The molecule has 0 N–H and O–H groups in total. The molecule has 2 aliphatic heterocycles. The summed E-state index contributed by atoms with van der Waals surface area (Å²) in [5.74, 6) is 0.251. The highest BCUT2D eigenvalue weighted by Crippen LogP contribution is 2.19. The van der Waals surface area contributed by atoms with Gasteiger partial charge in [-0.3, -0.25) is 4.79 Å². The molecule has 0 unspecified atom stereocenters. The minimum absolute atomic E-state index is 0.130. The normalized spacial score (nSPS) is 18.4. The van der Waals surface area contributed by atoms with Crippen LogP contribution in [0, 0.1) is 0 Å². The molecule has 0 aliphatic carbocycles. The van der Waals surface area contributed by atoms with Crippen LogP contribution in [0.4, 0.5) is 10.5 Å². The van der Waals surface area contributed by atoms with Crippen molar-refractivity contribution < 1.29 is 9.59 Å². The van der Waals surface area contributed by atoms with Crippen molar-refractivity contribution in [3.8, 4) is 0 Å². The van der Waals surface area contributed by atoms with Gasteiger partial charge in [-0.2, -0.15) is 0 Å². The van der Waals surface area contributed by atoms with Crippen molar-refractivity contribution >= 4 is 17.6 Å². The van der Waals surface area contributed by atoms with E-state index in [1.165, 1.54) is 0 Å². The van der Waals surface area contributed by atoms with Crippen molar-refractivity contribution in [1.29, 1.82) is 0 Å². The van der Waals surface area contributed by atoms with Gasteiger partial charge in [0, 0.05) is 45.8 Å². The lowest BCUT2D eigenvalue weighted by molar-refractivity contribution is -0.117. The van der Waals surface area contributed by atoms with Gasteiger partial charge in [0.05, 0.1) is 0 Å². The van der Waals surface area contributed by atoms with Crippen LogP contribution in [0.25, 0.3) is 0 Å². The zero-order chi connectivity index (χ0) is 14.5. The van der Waals surface area contributed by atoms with E-state index in [0.717, 1.165) is 31.7 Å². The summed E-state index contributed by atoms with van der Waals surface area (Å²) in [6.07, 6.45) is 1.70. The minimum atomic E-state index is 0.130. The lowest BCUT2D eigenvalue weighted by atomic mass is 10.3. The van der Waals surface area contributed by atoms with Crippen LogP contribution >= 0.6 is 0 Å². The number of hydrogen-bond acceptors (Lipinski definition) is 2. The molecule has 2 fully saturated rings.